The highest BCUT2D eigenvalue weighted by molar-refractivity contribution is 7.79. The van der Waals surface area contributed by atoms with Gasteiger partial charge in [0.05, 0.1) is 0 Å². The van der Waals surface area contributed by atoms with Crippen LogP contribution in [0.25, 0.3) is 0 Å². The van der Waals surface area contributed by atoms with E-state index in [0.29, 0.717) is 0 Å². The molecule has 1 heteroatoms. The summed E-state index contributed by atoms with van der Waals surface area (Å²) in [7, 11) is -0.495. The second-order valence-corrected chi connectivity index (χ2v) is 7.91. The lowest BCUT2D eigenvalue weighted by Crippen LogP contribution is -2.22. The average Bonchev–Trinajstić information content (AvgIpc) is 2.55. The molecule has 110 valence electrons. The lowest BCUT2D eigenvalue weighted by molar-refractivity contribution is 1.32. The minimum atomic E-state index is -0.495. The highest BCUT2D eigenvalue weighted by atomic mass is 31.1. The van der Waals surface area contributed by atoms with E-state index in [2.05, 4.69) is 93.6 Å². The topological polar surface area (TPSA) is 0 Å². The van der Waals surface area contributed by atoms with Gasteiger partial charge in [0, 0.05) is 0 Å². The van der Waals surface area contributed by atoms with E-state index in [1.165, 1.54) is 32.6 Å². The Kier molecular flexibility index (Phi) is 4.41. The van der Waals surface area contributed by atoms with Crippen molar-refractivity contribution in [3.8, 4) is 0 Å². The van der Waals surface area contributed by atoms with Crippen molar-refractivity contribution in [2.45, 2.75) is 20.8 Å². The fraction of sp³-hybridized carbons (Fsp3) is 0.143. The molecular formula is C21H21P. The van der Waals surface area contributed by atoms with Crippen molar-refractivity contribution in [3.05, 3.63) is 89.5 Å². The van der Waals surface area contributed by atoms with Crippen LogP contribution in [0.5, 0.6) is 0 Å². The monoisotopic (exact) mass is 304 g/mol. The van der Waals surface area contributed by atoms with Gasteiger partial charge in [-0.15, -0.1) is 0 Å². The Balaban J connectivity index is 2.21. The normalized spacial score (nSPS) is 10.9. The highest BCUT2D eigenvalue weighted by Crippen LogP contribution is 2.34. The van der Waals surface area contributed by atoms with E-state index in [4.69, 9.17) is 0 Å². The maximum Gasteiger partial charge on any atom is -0.0119 e. The summed E-state index contributed by atoms with van der Waals surface area (Å²) in [6, 6.07) is 26.5. The largest absolute Gasteiger partial charge is 0.0622 e. The van der Waals surface area contributed by atoms with Crippen LogP contribution in [0.4, 0.5) is 0 Å². The first-order chi connectivity index (χ1) is 10.7. The highest BCUT2D eigenvalue weighted by Gasteiger charge is 2.18. The molecule has 0 heterocycles. The van der Waals surface area contributed by atoms with E-state index in [1.807, 2.05) is 0 Å². The van der Waals surface area contributed by atoms with Gasteiger partial charge in [-0.2, -0.15) is 0 Å². The summed E-state index contributed by atoms with van der Waals surface area (Å²) >= 11 is 0. The van der Waals surface area contributed by atoms with Crippen LogP contribution in [0.2, 0.25) is 0 Å². The first-order valence-electron chi connectivity index (χ1n) is 7.65. The van der Waals surface area contributed by atoms with Gasteiger partial charge in [-0.3, -0.25) is 0 Å². The summed E-state index contributed by atoms with van der Waals surface area (Å²) in [6.07, 6.45) is 0. The molecule has 0 radical (unpaired) electrons. The molecule has 0 amide bonds. The summed E-state index contributed by atoms with van der Waals surface area (Å²) in [5, 5.41) is 4.29. The number of benzene rings is 3. The maximum absolute atomic E-state index is 2.39. The Morgan fingerprint density at radius 3 is 1.50 bits per heavy atom. The summed E-state index contributed by atoms with van der Waals surface area (Å²) in [5.41, 5.74) is 4.14. The molecule has 0 saturated heterocycles. The van der Waals surface area contributed by atoms with Gasteiger partial charge in [0.25, 0.3) is 0 Å². The van der Waals surface area contributed by atoms with Crippen molar-refractivity contribution in [3.63, 3.8) is 0 Å². The molecule has 0 aliphatic carbocycles. The van der Waals surface area contributed by atoms with E-state index >= 15 is 0 Å². The van der Waals surface area contributed by atoms with Crippen molar-refractivity contribution < 1.29 is 0 Å². The SMILES string of the molecule is Cc1cc(C)c(P(c2ccccc2)c2ccccc2)cc1C. The lowest BCUT2D eigenvalue weighted by Gasteiger charge is -2.22. The second kappa shape index (κ2) is 6.46. The van der Waals surface area contributed by atoms with Crippen LogP contribution in [0.1, 0.15) is 16.7 Å². The third-order valence-corrected chi connectivity index (χ3v) is 6.67. The fourth-order valence-electron chi connectivity index (χ4n) is 2.77. The number of hydrogen-bond donors (Lipinski definition) is 0. The average molecular weight is 304 g/mol. The first kappa shape index (κ1) is 15.0. The van der Waals surface area contributed by atoms with Crippen LogP contribution in [-0.2, 0) is 0 Å². The zero-order chi connectivity index (χ0) is 15.5. The van der Waals surface area contributed by atoms with Gasteiger partial charge in [-0.1, -0.05) is 72.8 Å². The van der Waals surface area contributed by atoms with Gasteiger partial charge in [0.2, 0.25) is 0 Å². The van der Waals surface area contributed by atoms with Crippen LogP contribution in [-0.4, -0.2) is 0 Å². The molecule has 0 unspecified atom stereocenters. The molecule has 0 atom stereocenters. The molecule has 3 rings (SSSR count). The smallest absolute Gasteiger partial charge is 0.0119 e. The molecule has 0 aromatic heterocycles. The third kappa shape index (κ3) is 2.98. The quantitative estimate of drug-likeness (QED) is 0.630. The Bertz CT molecular complexity index is 721. The predicted molar refractivity (Wildman–Crippen MR) is 99.4 cm³/mol. The molecular weight excluding hydrogens is 283 g/mol. The standard InChI is InChI=1S/C21H21P/c1-16-14-18(3)21(15-17(16)2)22(19-10-6-4-7-11-19)20-12-8-5-9-13-20/h4-15H,1-3H3. The third-order valence-electron chi connectivity index (χ3n) is 4.08. The number of rotatable bonds is 3. The maximum atomic E-state index is 2.39. The molecule has 0 bridgehead atoms. The van der Waals surface area contributed by atoms with Gasteiger partial charge in [0.15, 0.2) is 0 Å². The first-order valence-corrected chi connectivity index (χ1v) is 8.99. The molecule has 0 fully saturated rings. The molecule has 0 aliphatic rings. The summed E-state index contributed by atoms with van der Waals surface area (Å²) in [5.74, 6) is 0. The van der Waals surface area contributed by atoms with E-state index in [0.717, 1.165) is 0 Å². The van der Waals surface area contributed by atoms with Crippen molar-refractivity contribution in [1.29, 1.82) is 0 Å². The zero-order valence-electron chi connectivity index (χ0n) is 13.4. The zero-order valence-corrected chi connectivity index (χ0v) is 14.3. The molecule has 0 nitrogen and oxygen atoms in total. The Labute approximate surface area is 134 Å². The minimum absolute atomic E-state index is 0.495. The van der Waals surface area contributed by atoms with Crippen molar-refractivity contribution in [1.82, 2.24) is 0 Å². The fourth-order valence-corrected chi connectivity index (χ4v) is 5.30. The molecule has 0 spiro atoms. The van der Waals surface area contributed by atoms with Crippen LogP contribution in [0.15, 0.2) is 72.8 Å². The minimum Gasteiger partial charge on any atom is -0.0622 e. The molecule has 3 aromatic rings. The van der Waals surface area contributed by atoms with Gasteiger partial charge in [0.1, 0.15) is 0 Å². The van der Waals surface area contributed by atoms with Crippen molar-refractivity contribution in [2.24, 2.45) is 0 Å². The molecule has 3 aromatic carbocycles. The molecule has 0 aliphatic heterocycles. The second-order valence-electron chi connectivity index (χ2n) is 5.73. The lowest BCUT2D eigenvalue weighted by atomic mass is 10.1. The summed E-state index contributed by atoms with van der Waals surface area (Å²) < 4.78 is 0. The Morgan fingerprint density at radius 1 is 0.545 bits per heavy atom. The van der Waals surface area contributed by atoms with Crippen LogP contribution in [0.3, 0.4) is 0 Å². The summed E-state index contributed by atoms with van der Waals surface area (Å²) in [6.45, 7) is 6.64. The van der Waals surface area contributed by atoms with Gasteiger partial charge < -0.3 is 0 Å². The van der Waals surface area contributed by atoms with Crippen molar-refractivity contribution in [2.75, 3.05) is 0 Å². The number of aryl methyl sites for hydroxylation is 3. The van der Waals surface area contributed by atoms with Gasteiger partial charge >= 0.3 is 0 Å². The predicted octanol–water partition coefficient (Wildman–Crippen LogP) is 4.37. The molecule has 0 saturated carbocycles. The van der Waals surface area contributed by atoms with Crippen LogP contribution >= 0.6 is 7.92 Å². The van der Waals surface area contributed by atoms with E-state index < -0.39 is 7.92 Å². The molecule has 0 N–H and O–H groups in total. The van der Waals surface area contributed by atoms with Gasteiger partial charge in [-0.25, -0.2) is 0 Å². The Hall–Kier alpha value is -1.91. The van der Waals surface area contributed by atoms with Crippen LogP contribution in [0, 0.1) is 20.8 Å². The molecule has 22 heavy (non-hydrogen) atoms. The van der Waals surface area contributed by atoms with E-state index in [9.17, 15) is 0 Å². The van der Waals surface area contributed by atoms with Gasteiger partial charge in [-0.05, 0) is 61.3 Å². The van der Waals surface area contributed by atoms with E-state index in [-0.39, 0.29) is 0 Å². The summed E-state index contributed by atoms with van der Waals surface area (Å²) in [4.78, 5) is 0. The van der Waals surface area contributed by atoms with Crippen LogP contribution < -0.4 is 15.9 Å². The van der Waals surface area contributed by atoms with E-state index in [1.54, 1.807) is 0 Å². The Morgan fingerprint density at radius 2 is 1.00 bits per heavy atom. The number of hydrogen-bond acceptors (Lipinski definition) is 0. The van der Waals surface area contributed by atoms with Crippen molar-refractivity contribution >= 4 is 23.8 Å².